The van der Waals surface area contributed by atoms with Crippen LogP contribution in [0.1, 0.15) is 30.7 Å². The Kier molecular flexibility index (Phi) is 3.27. The number of ether oxygens (including phenoxy) is 1. The van der Waals surface area contributed by atoms with Crippen LogP contribution in [-0.2, 0) is 0 Å². The van der Waals surface area contributed by atoms with Crippen LogP contribution in [0.5, 0.6) is 5.75 Å². The van der Waals surface area contributed by atoms with Crippen molar-refractivity contribution in [3.8, 4) is 5.75 Å². The van der Waals surface area contributed by atoms with Crippen molar-refractivity contribution in [2.45, 2.75) is 25.2 Å². The molecule has 1 aromatic carbocycles. The molecule has 1 aromatic rings. The highest BCUT2D eigenvalue weighted by molar-refractivity contribution is 5.30. The molecule has 1 N–H and O–H groups in total. The highest BCUT2D eigenvalue weighted by atomic mass is 16.5. The fourth-order valence-corrected chi connectivity index (χ4v) is 2.22. The quantitative estimate of drug-likeness (QED) is 0.820. The van der Waals surface area contributed by atoms with Crippen LogP contribution in [0, 0.1) is 5.92 Å². The van der Waals surface area contributed by atoms with Gasteiger partial charge in [0.25, 0.3) is 0 Å². The average Bonchev–Trinajstić information content (AvgIpc) is 2.23. The molecule has 0 saturated heterocycles. The van der Waals surface area contributed by atoms with Gasteiger partial charge in [-0.2, -0.15) is 0 Å². The Morgan fingerprint density at radius 2 is 2.00 bits per heavy atom. The molecule has 0 aliphatic heterocycles. The summed E-state index contributed by atoms with van der Waals surface area (Å²) in [6, 6.07) is 8.07. The normalized spacial score (nSPS) is 18.3. The molecule has 1 fully saturated rings. The van der Waals surface area contributed by atoms with E-state index in [-0.39, 0.29) is 6.61 Å². The van der Waals surface area contributed by atoms with Crippen molar-refractivity contribution in [3.63, 3.8) is 0 Å². The van der Waals surface area contributed by atoms with E-state index < -0.39 is 0 Å². The maximum absolute atomic E-state index is 9.41. The predicted octanol–water partition coefficient (Wildman–Crippen LogP) is 2.57. The summed E-state index contributed by atoms with van der Waals surface area (Å²) < 4.78 is 5.12. The zero-order valence-corrected chi connectivity index (χ0v) is 9.15. The molecule has 0 bridgehead atoms. The van der Waals surface area contributed by atoms with Crippen LogP contribution in [0.3, 0.4) is 0 Å². The molecular weight excluding hydrogens is 188 g/mol. The Balaban J connectivity index is 2.11. The van der Waals surface area contributed by atoms with Gasteiger partial charge in [0, 0.05) is 5.92 Å². The Labute approximate surface area is 90.9 Å². The third-order valence-corrected chi connectivity index (χ3v) is 3.46. The first-order valence-corrected chi connectivity index (χ1v) is 5.60. The highest BCUT2D eigenvalue weighted by Crippen LogP contribution is 2.39. The van der Waals surface area contributed by atoms with Gasteiger partial charge in [-0.3, -0.25) is 0 Å². The van der Waals surface area contributed by atoms with E-state index in [1.54, 1.807) is 7.11 Å². The van der Waals surface area contributed by atoms with Gasteiger partial charge < -0.3 is 9.84 Å². The lowest BCUT2D eigenvalue weighted by atomic mass is 9.73. The molecule has 1 aliphatic carbocycles. The molecule has 0 amide bonds. The Bertz CT molecular complexity index is 301. The van der Waals surface area contributed by atoms with E-state index >= 15 is 0 Å². The molecule has 15 heavy (non-hydrogen) atoms. The summed E-state index contributed by atoms with van der Waals surface area (Å²) in [5, 5.41) is 9.41. The molecule has 2 nitrogen and oxygen atoms in total. The van der Waals surface area contributed by atoms with E-state index in [1.807, 2.05) is 12.1 Å². The standard InChI is InChI=1S/C13H18O2/c1-15-12-7-5-11(6-8-12)13(9-14)10-3-2-4-10/h5-8,10,13-14H,2-4,9H2,1H3. The van der Waals surface area contributed by atoms with Gasteiger partial charge >= 0.3 is 0 Å². The molecular formula is C13H18O2. The monoisotopic (exact) mass is 206 g/mol. The second kappa shape index (κ2) is 4.67. The van der Waals surface area contributed by atoms with Gasteiger partial charge in [-0.15, -0.1) is 0 Å². The van der Waals surface area contributed by atoms with E-state index in [9.17, 15) is 5.11 Å². The summed E-state index contributed by atoms with van der Waals surface area (Å²) >= 11 is 0. The van der Waals surface area contributed by atoms with E-state index in [2.05, 4.69) is 12.1 Å². The maximum Gasteiger partial charge on any atom is 0.118 e. The van der Waals surface area contributed by atoms with Crippen molar-refractivity contribution in [1.82, 2.24) is 0 Å². The fraction of sp³-hybridized carbons (Fsp3) is 0.538. The second-order valence-corrected chi connectivity index (χ2v) is 4.25. The zero-order chi connectivity index (χ0) is 10.7. The molecule has 2 heteroatoms. The number of aliphatic hydroxyl groups excluding tert-OH is 1. The van der Waals surface area contributed by atoms with Crippen LogP contribution in [-0.4, -0.2) is 18.8 Å². The smallest absolute Gasteiger partial charge is 0.118 e. The average molecular weight is 206 g/mol. The summed E-state index contributed by atoms with van der Waals surface area (Å²) in [4.78, 5) is 0. The van der Waals surface area contributed by atoms with Gasteiger partial charge in [0.05, 0.1) is 13.7 Å². The van der Waals surface area contributed by atoms with Crippen LogP contribution >= 0.6 is 0 Å². The van der Waals surface area contributed by atoms with Gasteiger partial charge in [0.1, 0.15) is 5.75 Å². The van der Waals surface area contributed by atoms with Gasteiger partial charge in [0.15, 0.2) is 0 Å². The van der Waals surface area contributed by atoms with Crippen molar-refractivity contribution >= 4 is 0 Å². The Morgan fingerprint density at radius 3 is 2.40 bits per heavy atom. The third-order valence-electron chi connectivity index (χ3n) is 3.46. The molecule has 1 aliphatic rings. The van der Waals surface area contributed by atoms with Crippen LogP contribution < -0.4 is 4.74 Å². The van der Waals surface area contributed by atoms with Crippen molar-refractivity contribution in [2.24, 2.45) is 5.92 Å². The fourth-order valence-electron chi connectivity index (χ4n) is 2.22. The molecule has 0 radical (unpaired) electrons. The van der Waals surface area contributed by atoms with E-state index in [0.717, 1.165) is 5.75 Å². The minimum absolute atomic E-state index is 0.261. The first-order valence-electron chi connectivity index (χ1n) is 5.60. The number of aliphatic hydroxyl groups is 1. The Morgan fingerprint density at radius 1 is 1.33 bits per heavy atom. The van der Waals surface area contributed by atoms with Gasteiger partial charge in [-0.25, -0.2) is 0 Å². The number of benzene rings is 1. The minimum Gasteiger partial charge on any atom is -0.497 e. The molecule has 0 aromatic heterocycles. The van der Waals surface area contributed by atoms with Gasteiger partial charge in [-0.1, -0.05) is 18.6 Å². The first kappa shape index (κ1) is 10.5. The summed E-state index contributed by atoms with van der Waals surface area (Å²) in [7, 11) is 1.67. The molecule has 1 atom stereocenters. The second-order valence-electron chi connectivity index (χ2n) is 4.25. The number of hydrogen-bond acceptors (Lipinski definition) is 2. The Hall–Kier alpha value is -1.02. The summed E-state index contributed by atoms with van der Waals surface area (Å²) in [5.41, 5.74) is 1.24. The topological polar surface area (TPSA) is 29.5 Å². The van der Waals surface area contributed by atoms with Crippen LogP contribution in [0.2, 0.25) is 0 Å². The van der Waals surface area contributed by atoms with E-state index in [4.69, 9.17) is 4.74 Å². The van der Waals surface area contributed by atoms with Crippen molar-refractivity contribution in [1.29, 1.82) is 0 Å². The van der Waals surface area contributed by atoms with Crippen molar-refractivity contribution in [2.75, 3.05) is 13.7 Å². The minimum atomic E-state index is 0.261. The number of rotatable bonds is 4. The maximum atomic E-state index is 9.41. The predicted molar refractivity (Wildman–Crippen MR) is 60.2 cm³/mol. The number of methoxy groups -OCH3 is 1. The van der Waals surface area contributed by atoms with Crippen molar-refractivity contribution in [3.05, 3.63) is 29.8 Å². The lowest BCUT2D eigenvalue weighted by molar-refractivity contribution is 0.173. The molecule has 82 valence electrons. The van der Waals surface area contributed by atoms with Crippen LogP contribution in [0.4, 0.5) is 0 Å². The molecule has 0 spiro atoms. The molecule has 0 heterocycles. The van der Waals surface area contributed by atoms with Crippen molar-refractivity contribution < 1.29 is 9.84 Å². The lowest BCUT2D eigenvalue weighted by Gasteiger charge is -2.33. The summed E-state index contributed by atoms with van der Waals surface area (Å²) in [5.74, 6) is 1.89. The SMILES string of the molecule is COc1ccc(C(CO)C2CCC2)cc1. The van der Waals surface area contributed by atoms with Crippen LogP contribution in [0.25, 0.3) is 0 Å². The first-order chi connectivity index (χ1) is 7.35. The molecule has 2 rings (SSSR count). The summed E-state index contributed by atoms with van der Waals surface area (Å²) in [6.45, 7) is 0.261. The largest absolute Gasteiger partial charge is 0.497 e. The molecule has 1 unspecified atom stereocenters. The third kappa shape index (κ3) is 2.15. The highest BCUT2D eigenvalue weighted by Gasteiger charge is 2.27. The van der Waals surface area contributed by atoms with Crippen LogP contribution in [0.15, 0.2) is 24.3 Å². The van der Waals surface area contributed by atoms with Gasteiger partial charge in [-0.05, 0) is 36.5 Å². The zero-order valence-electron chi connectivity index (χ0n) is 9.15. The van der Waals surface area contributed by atoms with E-state index in [0.29, 0.717) is 11.8 Å². The number of hydrogen-bond donors (Lipinski definition) is 1. The lowest BCUT2D eigenvalue weighted by Crippen LogP contribution is -2.22. The van der Waals surface area contributed by atoms with E-state index in [1.165, 1.54) is 24.8 Å². The van der Waals surface area contributed by atoms with Gasteiger partial charge in [0.2, 0.25) is 0 Å². The summed E-state index contributed by atoms with van der Waals surface area (Å²) in [6.07, 6.45) is 3.84. The molecule has 1 saturated carbocycles.